The van der Waals surface area contributed by atoms with E-state index in [0.29, 0.717) is 6.42 Å². The molecule has 0 aliphatic carbocycles. The fraction of sp³-hybridized carbons (Fsp3) is 0.375. The van der Waals surface area contributed by atoms with Crippen molar-refractivity contribution in [3.63, 3.8) is 0 Å². The molecule has 0 aromatic carbocycles. The number of imidazole rings is 1. The standard InChI is InChI=1S/C8H11IN2O/c1-2-3-4-6(12)7-8(9)11-5-10-7/h2,5-6,12H,1,3-4H2,(H,10,11)/t6-/m1/s1. The van der Waals surface area contributed by atoms with E-state index in [1.165, 1.54) is 0 Å². The predicted octanol–water partition coefficient (Wildman–Crippen LogP) is 2.01. The van der Waals surface area contributed by atoms with Gasteiger partial charge >= 0.3 is 0 Å². The van der Waals surface area contributed by atoms with Crippen LogP contribution in [-0.4, -0.2) is 15.1 Å². The third kappa shape index (κ3) is 2.31. The highest BCUT2D eigenvalue weighted by atomic mass is 127. The van der Waals surface area contributed by atoms with Gasteiger partial charge in [0.05, 0.1) is 18.1 Å². The van der Waals surface area contributed by atoms with Gasteiger partial charge in [0, 0.05) is 0 Å². The minimum absolute atomic E-state index is 0.447. The van der Waals surface area contributed by atoms with Gasteiger partial charge in [-0.3, -0.25) is 0 Å². The molecule has 12 heavy (non-hydrogen) atoms. The monoisotopic (exact) mass is 278 g/mol. The largest absolute Gasteiger partial charge is 0.387 e. The Balaban J connectivity index is 2.58. The van der Waals surface area contributed by atoms with Crippen LogP contribution in [0.5, 0.6) is 0 Å². The number of nitrogens with one attached hydrogen (secondary N) is 1. The van der Waals surface area contributed by atoms with E-state index in [0.717, 1.165) is 15.8 Å². The maximum Gasteiger partial charge on any atom is 0.124 e. The van der Waals surface area contributed by atoms with Gasteiger partial charge in [-0.25, -0.2) is 4.98 Å². The Morgan fingerprint density at radius 1 is 1.83 bits per heavy atom. The first-order chi connectivity index (χ1) is 5.75. The van der Waals surface area contributed by atoms with Crippen LogP contribution in [-0.2, 0) is 0 Å². The van der Waals surface area contributed by atoms with Gasteiger partial charge in [-0.15, -0.1) is 6.58 Å². The van der Waals surface area contributed by atoms with Crippen LogP contribution < -0.4 is 0 Å². The maximum atomic E-state index is 9.60. The molecule has 0 saturated heterocycles. The van der Waals surface area contributed by atoms with Crippen LogP contribution in [0.2, 0.25) is 0 Å². The molecule has 2 N–H and O–H groups in total. The van der Waals surface area contributed by atoms with E-state index >= 15 is 0 Å². The smallest absolute Gasteiger partial charge is 0.124 e. The van der Waals surface area contributed by atoms with E-state index in [1.807, 2.05) is 0 Å². The van der Waals surface area contributed by atoms with Crippen molar-refractivity contribution in [3.05, 3.63) is 28.4 Å². The number of hydrogen-bond acceptors (Lipinski definition) is 2. The lowest BCUT2D eigenvalue weighted by atomic mass is 10.1. The number of aliphatic hydroxyl groups is 1. The first-order valence-corrected chi connectivity index (χ1v) is 4.81. The van der Waals surface area contributed by atoms with Gasteiger partial charge in [0.25, 0.3) is 0 Å². The molecule has 0 amide bonds. The van der Waals surface area contributed by atoms with Gasteiger partial charge in [0.2, 0.25) is 0 Å². The first-order valence-electron chi connectivity index (χ1n) is 3.73. The van der Waals surface area contributed by atoms with Crippen molar-refractivity contribution < 1.29 is 5.11 Å². The zero-order valence-electron chi connectivity index (χ0n) is 6.63. The second kappa shape index (κ2) is 4.61. The summed E-state index contributed by atoms with van der Waals surface area (Å²) in [6, 6.07) is 0. The molecule has 66 valence electrons. The highest BCUT2D eigenvalue weighted by Gasteiger charge is 2.11. The van der Waals surface area contributed by atoms with Crippen molar-refractivity contribution in [3.8, 4) is 0 Å². The van der Waals surface area contributed by atoms with Gasteiger partial charge in [0.15, 0.2) is 0 Å². The minimum atomic E-state index is -0.447. The lowest BCUT2D eigenvalue weighted by Gasteiger charge is -2.06. The summed E-state index contributed by atoms with van der Waals surface area (Å²) in [5.74, 6) is 0. The number of allylic oxidation sites excluding steroid dienone is 1. The number of halogens is 1. The quantitative estimate of drug-likeness (QED) is 0.654. The molecule has 1 atom stereocenters. The van der Waals surface area contributed by atoms with Gasteiger partial charge in [-0.1, -0.05) is 6.08 Å². The summed E-state index contributed by atoms with van der Waals surface area (Å²) in [4.78, 5) is 6.90. The number of aromatic amines is 1. The van der Waals surface area contributed by atoms with Crippen LogP contribution in [0.25, 0.3) is 0 Å². The summed E-state index contributed by atoms with van der Waals surface area (Å²) in [6.07, 6.45) is 4.45. The van der Waals surface area contributed by atoms with Crippen molar-refractivity contribution in [2.24, 2.45) is 0 Å². The summed E-state index contributed by atoms with van der Waals surface area (Å²) in [5.41, 5.74) is 0.803. The van der Waals surface area contributed by atoms with Crippen molar-refractivity contribution >= 4 is 22.6 Å². The molecule has 1 aromatic rings. The normalized spacial score (nSPS) is 12.8. The average Bonchev–Trinajstić information content (AvgIpc) is 2.47. The van der Waals surface area contributed by atoms with Crippen molar-refractivity contribution in [1.29, 1.82) is 0 Å². The van der Waals surface area contributed by atoms with Crippen molar-refractivity contribution in [2.45, 2.75) is 18.9 Å². The van der Waals surface area contributed by atoms with E-state index in [4.69, 9.17) is 0 Å². The molecule has 0 saturated carbocycles. The SMILES string of the molecule is C=CCC[C@@H](O)c1[nH]cnc1I. The number of nitrogens with zero attached hydrogens (tertiary/aromatic N) is 1. The lowest BCUT2D eigenvalue weighted by molar-refractivity contribution is 0.163. The van der Waals surface area contributed by atoms with Crippen LogP contribution in [0, 0.1) is 3.70 Å². The molecule has 0 aliphatic heterocycles. The average molecular weight is 278 g/mol. The van der Waals surface area contributed by atoms with Crippen molar-refractivity contribution in [2.75, 3.05) is 0 Å². The summed E-state index contributed by atoms with van der Waals surface area (Å²) in [7, 11) is 0. The molecular weight excluding hydrogens is 267 g/mol. The zero-order valence-corrected chi connectivity index (χ0v) is 8.78. The molecule has 4 heteroatoms. The number of aliphatic hydroxyl groups excluding tert-OH is 1. The van der Waals surface area contributed by atoms with Gasteiger partial charge < -0.3 is 10.1 Å². The Morgan fingerprint density at radius 3 is 3.08 bits per heavy atom. The molecule has 0 radical (unpaired) electrons. The van der Waals surface area contributed by atoms with Gasteiger partial charge in [-0.2, -0.15) is 0 Å². The molecule has 0 bridgehead atoms. The lowest BCUT2D eigenvalue weighted by Crippen LogP contribution is -1.99. The molecule has 1 rings (SSSR count). The summed E-state index contributed by atoms with van der Waals surface area (Å²) < 4.78 is 0.837. The minimum Gasteiger partial charge on any atom is -0.387 e. The van der Waals surface area contributed by atoms with E-state index in [2.05, 4.69) is 39.1 Å². The van der Waals surface area contributed by atoms with Crippen LogP contribution in [0.15, 0.2) is 19.0 Å². The first kappa shape index (κ1) is 9.73. The fourth-order valence-corrected chi connectivity index (χ4v) is 1.60. The molecule has 0 aliphatic rings. The second-order valence-electron chi connectivity index (χ2n) is 2.49. The Labute approximate surface area is 85.1 Å². The number of aromatic nitrogens is 2. The Kier molecular flexibility index (Phi) is 3.74. The van der Waals surface area contributed by atoms with Crippen LogP contribution in [0.3, 0.4) is 0 Å². The van der Waals surface area contributed by atoms with E-state index < -0.39 is 6.10 Å². The molecule has 1 aromatic heterocycles. The summed E-state index contributed by atoms with van der Waals surface area (Å²) in [6.45, 7) is 3.60. The van der Waals surface area contributed by atoms with Crippen LogP contribution in [0.4, 0.5) is 0 Å². The van der Waals surface area contributed by atoms with Crippen LogP contribution >= 0.6 is 22.6 Å². The van der Waals surface area contributed by atoms with E-state index in [-0.39, 0.29) is 0 Å². The number of hydrogen-bond donors (Lipinski definition) is 2. The molecule has 3 nitrogen and oxygen atoms in total. The summed E-state index contributed by atoms with van der Waals surface area (Å²) in [5, 5.41) is 9.60. The third-order valence-electron chi connectivity index (χ3n) is 1.60. The Hall–Kier alpha value is -0.360. The second-order valence-corrected chi connectivity index (χ2v) is 3.51. The Bertz CT molecular complexity index is 259. The highest BCUT2D eigenvalue weighted by Crippen LogP contribution is 2.19. The topological polar surface area (TPSA) is 48.9 Å². The van der Waals surface area contributed by atoms with E-state index in [1.54, 1.807) is 12.4 Å². The number of rotatable bonds is 4. The fourth-order valence-electron chi connectivity index (χ4n) is 0.941. The molecule has 1 heterocycles. The Morgan fingerprint density at radius 2 is 2.58 bits per heavy atom. The van der Waals surface area contributed by atoms with Crippen molar-refractivity contribution in [1.82, 2.24) is 9.97 Å². The highest BCUT2D eigenvalue weighted by molar-refractivity contribution is 14.1. The molecular formula is C8H11IN2O. The summed E-state index contributed by atoms with van der Waals surface area (Å²) >= 11 is 2.09. The molecule has 0 spiro atoms. The maximum absolute atomic E-state index is 9.60. The van der Waals surface area contributed by atoms with Gasteiger partial charge in [0.1, 0.15) is 3.70 Å². The molecule has 0 fully saturated rings. The number of H-pyrrole nitrogens is 1. The van der Waals surface area contributed by atoms with E-state index in [9.17, 15) is 5.11 Å². The zero-order chi connectivity index (χ0) is 8.97. The third-order valence-corrected chi connectivity index (χ3v) is 2.46. The van der Waals surface area contributed by atoms with Crippen LogP contribution in [0.1, 0.15) is 24.6 Å². The van der Waals surface area contributed by atoms with Gasteiger partial charge in [-0.05, 0) is 35.4 Å². The molecule has 0 unspecified atom stereocenters. The predicted molar refractivity (Wildman–Crippen MR) is 55.7 cm³/mol.